The van der Waals surface area contributed by atoms with Crippen molar-refractivity contribution in [3.63, 3.8) is 0 Å². The molecule has 0 heterocycles. The third-order valence-corrected chi connectivity index (χ3v) is 5.90. The molecular weight excluding hydrogens is 291 g/mol. The molecule has 4 nitrogen and oxygen atoms in total. The van der Waals surface area contributed by atoms with Crippen LogP contribution >= 0.6 is 0 Å². The molecule has 0 radical (unpaired) electrons. The smallest absolute Gasteiger partial charge is 0.241 e. The van der Waals surface area contributed by atoms with Gasteiger partial charge in [-0.15, -0.1) is 0 Å². The number of benzene rings is 1. The molecule has 1 aliphatic rings. The van der Waals surface area contributed by atoms with Crippen LogP contribution in [0.1, 0.15) is 38.2 Å². The Kier molecular flexibility index (Phi) is 5.35. The lowest BCUT2D eigenvalue weighted by Crippen LogP contribution is -2.34. The molecule has 0 aliphatic heterocycles. The lowest BCUT2D eigenvalue weighted by atomic mass is 9.81. The average Bonchev–Trinajstić information content (AvgIpc) is 2.46. The van der Waals surface area contributed by atoms with Gasteiger partial charge in [0, 0.05) is 18.7 Å². The fourth-order valence-corrected chi connectivity index (χ4v) is 4.33. The summed E-state index contributed by atoms with van der Waals surface area (Å²) in [6.45, 7) is 2.43. The molecular formula is C15H23FN2O2S. The third-order valence-electron chi connectivity index (χ3n) is 4.39. The number of nitrogens with two attached hydrogens (primary N) is 1. The molecule has 6 heteroatoms. The number of hydrogen-bond donors (Lipinski definition) is 2. The summed E-state index contributed by atoms with van der Waals surface area (Å²) < 4.78 is 41.1. The topological polar surface area (TPSA) is 72.2 Å². The molecule has 2 rings (SSSR count). The van der Waals surface area contributed by atoms with Gasteiger partial charge in [0.05, 0.1) is 4.90 Å². The van der Waals surface area contributed by atoms with Gasteiger partial charge in [0.2, 0.25) is 10.0 Å². The summed E-state index contributed by atoms with van der Waals surface area (Å²) in [5.74, 6) is 0.290. The Hall–Kier alpha value is -0.980. The highest BCUT2D eigenvalue weighted by Crippen LogP contribution is 2.29. The minimum absolute atomic E-state index is 0.0432. The fraction of sp³-hybridized carbons (Fsp3) is 0.600. The highest BCUT2D eigenvalue weighted by atomic mass is 32.2. The lowest BCUT2D eigenvalue weighted by molar-refractivity contribution is 0.257. The van der Waals surface area contributed by atoms with Crippen molar-refractivity contribution < 1.29 is 12.8 Å². The maximum Gasteiger partial charge on any atom is 0.241 e. The predicted molar refractivity (Wildman–Crippen MR) is 80.6 cm³/mol. The zero-order chi connectivity index (χ0) is 15.5. The average molecular weight is 314 g/mol. The molecule has 1 saturated carbocycles. The van der Waals surface area contributed by atoms with Gasteiger partial charge < -0.3 is 5.73 Å². The van der Waals surface area contributed by atoms with Crippen LogP contribution in [-0.2, 0) is 16.6 Å². The first-order valence-corrected chi connectivity index (χ1v) is 8.91. The minimum Gasteiger partial charge on any atom is -0.326 e. The minimum atomic E-state index is -3.72. The van der Waals surface area contributed by atoms with Gasteiger partial charge in [-0.2, -0.15) is 0 Å². The normalized spacial score (nSPS) is 23.2. The molecule has 1 aromatic carbocycles. The summed E-state index contributed by atoms with van der Waals surface area (Å²) in [6.07, 6.45) is 4.54. The largest absolute Gasteiger partial charge is 0.326 e. The zero-order valence-corrected chi connectivity index (χ0v) is 13.1. The van der Waals surface area contributed by atoms with Crippen LogP contribution in [0.4, 0.5) is 4.39 Å². The molecule has 1 fully saturated rings. The van der Waals surface area contributed by atoms with E-state index in [1.54, 1.807) is 0 Å². The number of nitrogens with one attached hydrogen (secondary N) is 1. The highest BCUT2D eigenvalue weighted by Gasteiger charge is 2.25. The Balaban J connectivity index is 2.13. The number of hydrogen-bond acceptors (Lipinski definition) is 3. The lowest BCUT2D eigenvalue weighted by Gasteiger charge is -2.28. The molecule has 21 heavy (non-hydrogen) atoms. The van der Waals surface area contributed by atoms with Crippen molar-refractivity contribution in [1.82, 2.24) is 4.72 Å². The maximum absolute atomic E-state index is 13.7. The number of sulfonamides is 1. The van der Waals surface area contributed by atoms with Gasteiger partial charge in [-0.3, -0.25) is 0 Å². The standard InChI is InChI=1S/C15H23FN2O2S/c1-11-5-2-3-6-12(11)10-18-21(19,20)15-8-4-7-14(16)13(15)9-17/h4,7-8,11-12,18H,2-3,5-6,9-10,17H2,1H3. The van der Waals surface area contributed by atoms with E-state index in [9.17, 15) is 12.8 Å². The molecule has 2 atom stereocenters. The van der Waals surface area contributed by atoms with Crippen molar-refractivity contribution in [2.45, 2.75) is 44.0 Å². The van der Waals surface area contributed by atoms with Crippen LogP contribution in [0.5, 0.6) is 0 Å². The first-order valence-electron chi connectivity index (χ1n) is 7.43. The second-order valence-corrected chi connectivity index (χ2v) is 7.53. The van der Waals surface area contributed by atoms with Crippen molar-refractivity contribution in [1.29, 1.82) is 0 Å². The summed E-state index contributed by atoms with van der Waals surface area (Å²) in [5.41, 5.74) is 5.52. The van der Waals surface area contributed by atoms with Gasteiger partial charge in [0.15, 0.2) is 0 Å². The van der Waals surface area contributed by atoms with E-state index in [2.05, 4.69) is 11.6 Å². The van der Waals surface area contributed by atoms with Gasteiger partial charge in [0.1, 0.15) is 5.82 Å². The quantitative estimate of drug-likeness (QED) is 0.876. The summed E-state index contributed by atoms with van der Waals surface area (Å²) >= 11 is 0. The summed E-state index contributed by atoms with van der Waals surface area (Å²) in [7, 11) is -3.72. The van der Waals surface area contributed by atoms with Crippen molar-refractivity contribution in [3.8, 4) is 0 Å². The van der Waals surface area contributed by atoms with E-state index in [4.69, 9.17) is 5.73 Å². The molecule has 3 N–H and O–H groups in total. The summed E-state index contributed by atoms with van der Waals surface area (Å²) in [5, 5.41) is 0. The SMILES string of the molecule is CC1CCCCC1CNS(=O)(=O)c1cccc(F)c1CN. The van der Waals surface area contributed by atoms with Crippen LogP contribution < -0.4 is 10.5 Å². The van der Waals surface area contributed by atoms with E-state index in [0.29, 0.717) is 18.4 Å². The Morgan fingerprint density at radius 3 is 2.71 bits per heavy atom. The molecule has 118 valence electrons. The molecule has 0 aromatic heterocycles. The van der Waals surface area contributed by atoms with E-state index in [-0.39, 0.29) is 17.0 Å². The van der Waals surface area contributed by atoms with Gasteiger partial charge in [-0.05, 0) is 30.4 Å². The van der Waals surface area contributed by atoms with Crippen LogP contribution in [0.3, 0.4) is 0 Å². The van der Waals surface area contributed by atoms with E-state index < -0.39 is 15.8 Å². The van der Waals surface area contributed by atoms with Crippen molar-refractivity contribution in [2.75, 3.05) is 6.54 Å². The van der Waals surface area contributed by atoms with Crippen LogP contribution in [0.15, 0.2) is 23.1 Å². The van der Waals surface area contributed by atoms with Crippen LogP contribution in [-0.4, -0.2) is 15.0 Å². The van der Waals surface area contributed by atoms with Crippen molar-refractivity contribution >= 4 is 10.0 Å². The molecule has 0 bridgehead atoms. The Bertz CT molecular complexity index is 589. The molecule has 0 spiro atoms. The molecule has 0 saturated heterocycles. The Morgan fingerprint density at radius 2 is 2.05 bits per heavy atom. The zero-order valence-electron chi connectivity index (χ0n) is 12.3. The van der Waals surface area contributed by atoms with Gasteiger partial charge in [-0.25, -0.2) is 17.5 Å². The third kappa shape index (κ3) is 3.81. The summed E-state index contributed by atoms with van der Waals surface area (Å²) in [4.78, 5) is -0.0477. The van der Waals surface area contributed by atoms with Crippen LogP contribution in [0.25, 0.3) is 0 Å². The molecule has 0 amide bonds. The van der Waals surface area contributed by atoms with E-state index in [0.717, 1.165) is 19.3 Å². The Morgan fingerprint density at radius 1 is 1.33 bits per heavy atom. The Labute approximate surface area is 126 Å². The van der Waals surface area contributed by atoms with Crippen LogP contribution in [0, 0.1) is 17.7 Å². The molecule has 2 unspecified atom stereocenters. The van der Waals surface area contributed by atoms with Crippen molar-refractivity contribution in [3.05, 3.63) is 29.6 Å². The first-order chi connectivity index (χ1) is 9.95. The van der Waals surface area contributed by atoms with Crippen LogP contribution in [0.2, 0.25) is 0 Å². The molecule has 1 aliphatic carbocycles. The van der Waals surface area contributed by atoms with Gasteiger partial charge in [-0.1, -0.05) is 32.3 Å². The van der Waals surface area contributed by atoms with E-state index >= 15 is 0 Å². The predicted octanol–water partition coefficient (Wildman–Crippen LogP) is 2.39. The van der Waals surface area contributed by atoms with Gasteiger partial charge in [0.25, 0.3) is 0 Å². The number of halogens is 1. The fourth-order valence-electron chi connectivity index (χ4n) is 2.98. The second kappa shape index (κ2) is 6.85. The van der Waals surface area contributed by atoms with Gasteiger partial charge >= 0.3 is 0 Å². The molecule has 1 aromatic rings. The van der Waals surface area contributed by atoms with Crippen molar-refractivity contribution in [2.24, 2.45) is 17.6 Å². The maximum atomic E-state index is 13.7. The summed E-state index contributed by atoms with van der Waals surface area (Å²) in [6, 6.07) is 4.02. The van der Waals surface area contributed by atoms with E-state index in [1.165, 1.54) is 24.6 Å². The number of rotatable bonds is 5. The second-order valence-electron chi connectivity index (χ2n) is 5.79. The monoisotopic (exact) mass is 314 g/mol. The first kappa shape index (κ1) is 16.4. The van der Waals surface area contributed by atoms with E-state index in [1.807, 2.05) is 0 Å². The highest BCUT2D eigenvalue weighted by molar-refractivity contribution is 7.89.